The van der Waals surface area contributed by atoms with Crippen LogP contribution in [-0.2, 0) is 0 Å². The molecule has 3 atom stereocenters. The predicted octanol–water partition coefficient (Wildman–Crippen LogP) is 1.44. The third-order valence-electron chi connectivity index (χ3n) is 3.75. The molecule has 80 valence electrons. The van der Waals surface area contributed by atoms with Crippen molar-refractivity contribution < 1.29 is 0 Å². The Balaban J connectivity index is 1.74. The summed E-state index contributed by atoms with van der Waals surface area (Å²) in [5.41, 5.74) is 7.91. The lowest BCUT2D eigenvalue weighted by atomic mass is 9.78. The summed E-state index contributed by atoms with van der Waals surface area (Å²) in [5.74, 6) is 1.49. The molecule has 0 aromatic carbocycles. The van der Waals surface area contributed by atoms with Gasteiger partial charge in [-0.25, -0.2) is 0 Å². The van der Waals surface area contributed by atoms with Crippen molar-refractivity contribution >= 4 is 0 Å². The summed E-state index contributed by atoms with van der Waals surface area (Å²) >= 11 is 0. The Morgan fingerprint density at radius 1 is 1.27 bits per heavy atom. The lowest BCUT2D eigenvalue weighted by molar-refractivity contribution is 0.300. The Hall–Kier alpha value is -0.930. The third-order valence-corrected chi connectivity index (χ3v) is 3.75. The van der Waals surface area contributed by atoms with Crippen LogP contribution in [0.4, 0.5) is 0 Å². The van der Waals surface area contributed by atoms with Gasteiger partial charge >= 0.3 is 0 Å². The monoisotopic (exact) mass is 203 g/mol. The van der Waals surface area contributed by atoms with Crippen molar-refractivity contribution in [3.8, 4) is 0 Å². The maximum atomic E-state index is 4.47. The van der Waals surface area contributed by atoms with Crippen molar-refractivity contribution in [2.45, 2.75) is 31.2 Å². The van der Waals surface area contributed by atoms with E-state index in [1.807, 2.05) is 12.3 Å². The number of fused-ring (bicyclic) bond motifs is 1. The number of hydrazine groups is 1. The topological polar surface area (TPSA) is 37.0 Å². The zero-order valence-corrected chi connectivity index (χ0v) is 8.82. The molecule has 3 heteroatoms. The summed E-state index contributed by atoms with van der Waals surface area (Å²) in [6, 6.07) is 6.90. The van der Waals surface area contributed by atoms with Crippen molar-refractivity contribution in [2.75, 3.05) is 6.54 Å². The molecule has 0 radical (unpaired) electrons. The Kier molecular flexibility index (Phi) is 2.43. The van der Waals surface area contributed by atoms with Gasteiger partial charge in [0.15, 0.2) is 0 Å². The summed E-state index contributed by atoms with van der Waals surface area (Å²) < 4.78 is 0. The molecule has 3 nitrogen and oxygen atoms in total. The van der Waals surface area contributed by atoms with E-state index in [-0.39, 0.29) is 0 Å². The molecule has 2 heterocycles. The van der Waals surface area contributed by atoms with Gasteiger partial charge < -0.3 is 0 Å². The van der Waals surface area contributed by atoms with Crippen molar-refractivity contribution in [3.63, 3.8) is 0 Å². The van der Waals surface area contributed by atoms with Crippen LogP contribution in [0.25, 0.3) is 0 Å². The molecule has 1 aromatic rings. The fourth-order valence-electron chi connectivity index (χ4n) is 2.86. The van der Waals surface area contributed by atoms with Gasteiger partial charge in [-0.2, -0.15) is 0 Å². The van der Waals surface area contributed by atoms with E-state index in [0.717, 1.165) is 12.5 Å². The normalized spacial score (nSPS) is 35.1. The van der Waals surface area contributed by atoms with Gasteiger partial charge in [0.25, 0.3) is 0 Å². The van der Waals surface area contributed by atoms with Crippen molar-refractivity contribution in [1.82, 2.24) is 15.8 Å². The summed E-state index contributed by atoms with van der Waals surface area (Å²) in [6.45, 7) is 1.14. The fourth-order valence-corrected chi connectivity index (χ4v) is 2.86. The lowest BCUT2D eigenvalue weighted by Crippen LogP contribution is -2.35. The molecule has 0 spiro atoms. The number of pyridine rings is 1. The smallest absolute Gasteiger partial charge is 0.0435 e. The number of hydrogen-bond acceptors (Lipinski definition) is 3. The van der Waals surface area contributed by atoms with Crippen LogP contribution in [-0.4, -0.2) is 17.6 Å². The van der Waals surface area contributed by atoms with Crippen LogP contribution >= 0.6 is 0 Å². The second-order valence-corrected chi connectivity index (χ2v) is 4.66. The highest BCUT2D eigenvalue weighted by molar-refractivity contribution is 5.12. The van der Waals surface area contributed by atoms with E-state index in [9.17, 15) is 0 Å². The Morgan fingerprint density at radius 3 is 3.13 bits per heavy atom. The number of nitrogens with one attached hydrogen (secondary N) is 2. The molecule has 1 saturated carbocycles. The molecule has 2 fully saturated rings. The maximum absolute atomic E-state index is 4.47. The van der Waals surface area contributed by atoms with Crippen LogP contribution in [0.1, 0.15) is 30.9 Å². The Bertz CT molecular complexity index is 325. The van der Waals surface area contributed by atoms with E-state index in [1.165, 1.54) is 25.0 Å². The first-order chi connectivity index (χ1) is 7.43. The first kappa shape index (κ1) is 9.31. The first-order valence-electron chi connectivity index (χ1n) is 5.83. The van der Waals surface area contributed by atoms with Crippen LogP contribution in [0, 0.1) is 5.92 Å². The van der Waals surface area contributed by atoms with Gasteiger partial charge in [0.1, 0.15) is 0 Å². The SMILES string of the molecule is c1ccc(C2CCC3CNNC3C2)nc1. The van der Waals surface area contributed by atoms with E-state index in [4.69, 9.17) is 0 Å². The van der Waals surface area contributed by atoms with Crippen LogP contribution < -0.4 is 10.9 Å². The molecular weight excluding hydrogens is 186 g/mol. The van der Waals surface area contributed by atoms with E-state index >= 15 is 0 Å². The average molecular weight is 203 g/mol. The minimum Gasteiger partial charge on any atom is -0.261 e. The second-order valence-electron chi connectivity index (χ2n) is 4.66. The van der Waals surface area contributed by atoms with E-state index in [0.29, 0.717) is 12.0 Å². The van der Waals surface area contributed by atoms with Gasteiger partial charge in [0, 0.05) is 30.4 Å². The number of hydrogen-bond donors (Lipinski definition) is 2. The zero-order valence-electron chi connectivity index (χ0n) is 8.82. The van der Waals surface area contributed by atoms with Crippen LogP contribution in [0.5, 0.6) is 0 Å². The van der Waals surface area contributed by atoms with Crippen molar-refractivity contribution in [3.05, 3.63) is 30.1 Å². The Morgan fingerprint density at radius 2 is 2.27 bits per heavy atom. The largest absolute Gasteiger partial charge is 0.261 e. The molecule has 1 aliphatic carbocycles. The van der Waals surface area contributed by atoms with Gasteiger partial charge in [-0.3, -0.25) is 15.8 Å². The van der Waals surface area contributed by atoms with E-state index < -0.39 is 0 Å². The second kappa shape index (κ2) is 3.91. The fraction of sp³-hybridized carbons (Fsp3) is 0.583. The number of nitrogens with zero attached hydrogens (tertiary/aromatic N) is 1. The maximum Gasteiger partial charge on any atom is 0.0435 e. The molecular formula is C12H17N3. The van der Waals surface area contributed by atoms with E-state index in [2.05, 4.69) is 28.0 Å². The molecule has 1 saturated heterocycles. The molecule has 2 aliphatic rings. The van der Waals surface area contributed by atoms with Crippen molar-refractivity contribution in [1.29, 1.82) is 0 Å². The first-order valence-corrected chi connectivity index (χ1v) is 5.83. The molecule has 0 bridgehead atoms. The predicted molar refractivity (Wildman–Crippen MR) is 59.2 cm³/mol. The molecule has 1 aliphatic heterocycles. The van der Waals surface area contributed by atoms with Crippen LogP contribution in [0.2, 0.25) is 0 Å². The summed E-state index contributed by atoms with van der Waals surface area (Å²) in [6.07, 6.45) is 5.75. The molecule has 1 aromatic heterocycles. The number of aromatic nitrogens is 1. The lowest BCUT2D eigenvalue weighted by Gasteiger charge is -2.30. The van der Waals surface area contributed by atoms with Gasteiger partial charge in [0.2, 0.25) is 0 Å². The summed E-state index contributed by atoms with van der Waals surface area (Å²) in [7, 11) is 0. The van der Waals surface area contributed by atoms with Gasteiger partial charge in [-0.1, -0.05) is 6.07 Å². The van der Waals surface area contributed by atoms with Gasteiger partial charge in [0.05, 0.1) is 0 Å². The zero-order chi connectivity index (χ0) is 10.1. The highest BCUT2D eigenvalue weighted by Gasteiger charge is 2.34. The quantitative estimate of drug-likeness (QED) is 0.725. The molecule has 3 unspecified atom stereocenters. The minimum absolute atomic E-state index is 0.653. The minimum atomic E-state index is 0.653. The van der Waals surface area contributed by atoms with Gasteiger partial charge in [-0.05, 0) is 37.3 Å². The highest BCUT2D eigenvalue weighted by atomic mass is 15.4. The third kappa shape index (κ3) is 1.77. The average Bonchev–Trinajstić information content (AvgIpc) is 2.77. The summed E-state index contributed by atoms with van der Waals surface area (Å²) in [5, 5.41) is 0. The standard InChI is InChI=1S/C12H17N3/c1-2-6-13-11(3-1)9-4-5-10-8-14-15-12(10)7-9/h1-3,6,9-10,12,14-15H,4-5,7-8H2. The van der Waals surface area contributed by atoms with Crippen LogP contribution in [0.3, 0.4) is 0 Å². The molecule has 0 amide bonds. The molecule has 3 rings (SSSR count). The van der Waals surface area contributed by atoms with Crippen LogP contribution in [0.15, 0.2) is 24.4 Å². The van der Waals surface area contributed by atoms with Gasteiger partial charge in [-0.15, -0.1) is 0 Å². The highest BCUT2D eigenvalue weighted by Crippen LogP contribution is 2.35. The van der Waals surface area contributed by atoms with E-state index in [1.54, 1.807) is 0 Å². The van der Waals surface area contributed by atoms with Crippen molar-refractivity contribution in [2.24, 2.45) is 5.92 Å². The number of rotatable bonds is 1. The Labute approximate surface area is 90.3 Å². The summed E-state index contributed by atoms with van der Waals surface area (Å²) in [4.78, 5) is 4.47. The molecule has 15 heavy (non-hydrogen) atoms. The molecule has 2 N–H and O–H groups in total.